The molecule has 0 fully saturated rings. The zero-order valence-electron chi connectivity index (χ0n) is 15.9. The summed E-state index contributed by atoms with van der Waals surface area (Å²) in [5.74, 6) is -0.256. The summed E-state index contributed by atoms with van der Waals surface area (Å²) in [5.41, 5.74) is 14.6. The highest BCUT2D eigenvalue weighted by molar-refractivity contribution is 7.21. The maximum absolute atomic E-state index is 12.4. The first kappa shape index (κ1) is 19.4. The van der Waals surface area contributed by atoms with Gasteiger partial charge in [-0.1, -0.05) is 60.7 Å². The van der Waals surface area contributed by atoms with E-state index in [1.165, 1.54) is 0 Å². The van der Waals surface area contributed by atoms with Gasteiger partial charge in [-0.25, -0.2) is 9.78 Å². The number of benzene rings is 2. The number of anilines is 2. The first-order chi connectivity index (χ1) is 14.5. The van der Waals surface area contributed by atoms with Crippen LogP contribution in [0.15, 0.2) is 66.7 Å². The molecule has 2 heterocycles. The standard InChI is InChI=1S/C22H19N5O2S/c23-18-17-15(14-9-5-2-6-10-14)11-16(26-21(17)30-19(18)20(24)28)27-22(29)25-12-13-7-3-1-4-8-13/h1-11H,12,23H2,(H2,24,28)(H2,25,26,27,29). The summed E-state index contributed by atoms with van der Waals surface area (Å²) in [6.45, 7) is 0.387. The lowest BCUT2D eigenvalue weighted by molar-refractivity contribution is 0.100. The van der Waals surface area contributed by atoms with Crippen LogP contribution in [0.1, 0.15) is 15.2 Å². The summed E-state index contributed by atoms with van der Waals surface area (Å²) in [4.78, 5) is 29.4. The van der Waals surface area contributed by atoms with E-state index in [4.69, 9.17) is 11.5 Å². The van der Waals surface area contributed by atoms with E-state index < -0.39 is 5.91 Å². The quantitative estimate of drug-likeness (QED) is 0.392. The zero-order valence-corrected chi connectivity index (χ0v) is 16.7. The van der Waals surface area contributed by atoms with E-state index in [-0.39, 0.29) is 10.9 Å². The van der Waals surface area contributed by atoms with Gasteiger partial charge in [0.05, 0.1) is 5.69 Å². The van der Waals surface area contributed by atoms with Gasteiger partial charge in [0.15, 0.2) is 0 Å². The molecule has 0 spiro atoms. The third-order valence-corrected chi connectivity index (χ3v) is 5.66. The Morgan fingerprint density at radius 2 is 1.67 bits per heavy atom. The minimum Gasteiger partial charge on any atom is -0.397 e. The van der Waals surface area contributed by atoms with Crippen LogP contribution in [0.4, 0.5) is 16.3 Å². The number of amides is 3. The first-order valence-electron chi connectivity index (χ1n) is 9.20. The van der Waals surface area contributed by atoms with Gasteiger partial charge in [0, 0.05) is 11.9 Å². The molecule has 0 bridgehead atoms. The van der Waals surface area contributed by atoms with Crippen LogP contribution in [0.5, 0.6) is 0 Å². The number of pyridine rings is 1. The smallest absolute Gasteiger partial charge is 0.320 e. The van der Waals surface area contributed by atoms with Crippen molar-refractivity contribution in [2.75, 3.05) is 11.1 Å². The Kier molecular flexibility index (Phi) is 5.32. The number of primary amides is 1. The van der Waals surface area contributed by atoms with Crippen molar-refractivity contribution in [1.29, 1.82) is 0 Å². The normalized spacial score (nSPS) is 10.7. The third kappa shape index (κ3) is 3.94. The Bertz CT molecular complexity index is 1220. The average Bonchev–Trinajstić information content (AvgIpc) is 3.10. The number of hydrogen-bond donors (Lipinski definition) is 4. The van der Waals surface area contributed by atoms with E-state index in [2.05, 4.69) is 15.6 Å². The van der Waals surface area contributed by atoms with Gasteiger partial charge in [-0.3, -0.25) is 10.1 Å². The van der Waals surface area contributed by atoms with Gasteiger partial charge in [-0.15, -0.1) is 11.3 Å². The van der Waals surface area contributed by atoms with Crippen LogP contribution in [0.25, 0.3) is 21.3 Å². The molecule has 0 saturated carbocycles. The largest absolute Gasteiger partial charge is 0.397 e. The highest BCUT2D eigenvalue weighted by atomic mass is 32.1. The van der Waals surface area contributed by atoms with Crippen molar-refractivity contribution in [2.24, 2.45) is 5.73 Å². The van der Waals surface area contributed by atoms with E-state index in [0.29, 0.717) is 28.3 Å². The Hall–Kier alpha value is -3.91. The number of nitrogens with one attached hydrogen (secondary N) is 2. The molecular weight excluding hydrogens is 398 g/mol. The van der Waals surface area contributed by atoms with Crippen LogP contribution in [-0.2, 0) is 6.54 Å². The monoisotopic (exact) mass is 417 g/mol. The second kappa shape index (κ2) is 8.22. The number of carbonyl (C=O) groups excluding carboxylic acids is 2. The molecule has 3 amide bonds. The van der Waals surface area contributed by atoms with Crippen molar-refractivity contribution in [3.63, 3.8) is 0 Å². The van der Waals surface area contributed by atoms with E-state index >= 15 is 0 Å². The molecule has 4 aromatic rings. The summed E-state index contributed by atoms with van der Waals surface area (Å²) in [5, 5.41) is 6.21. The van der Waals surface area contributed by atoms with Gasteiger partial charge in [0.25, 0.3) is 5.91 Å². The summed E-state index contributed by atoms with van der Waals surface area (Å²) in [6, 6.07) is 20.5. The molecule has 2 aromatic carbocycles. The zero-order chi connectivity index (χ0) is 21.1. The van der Waals surface area contributed by atoms with Crippen LogP contribution >= 0.6 is 11.3 Å². The minimum absolute atomic E-state index is 0.250. The van der Waals surface area contributed by atoms with Crippen LogP contribution in [0, 0.1) is 0 Å². The molecule has 150 valence electrons. The van der Waals surface area contributed by atoms with Gasteiger partial charge >= 0.3 is 6.03 Å². The number of hydrogen-bond acceptors (Lipinski definition) is 5. The summed E-state index contributed by atoms with van der Waals surface area (Å²) >= 11 is 1.11. The van der Waals surface area contributed by atoms with Gasteiger partial charge < -0.3 is 16.8 Å². The van der Waals surface area contributed by atoms with Gasteiger partial charge in [0.1, 0.15) is 15.5 Å². The van der Waals surface area contributed by atoms with Crippen molar-refractivity contribution in [1.82, 2.24) is 10.3 Å². The van der Waals surface area contributed by atoms with Crippen molar-refractivity contribution in [3.05, 3.63) is 77.2 Å². The van der Waals surface area contributed by atoms with Gasteiger partial charge in [-0.2, -0.15) is 0 Å². The Labute approximate surface area is 176 Å². The van der Waals surface area contributed by atoms with E-state index in [1.807, 2.05) is 60.7 Å². The fourth-order valence-electron chi connectivity index (χ4n) is 3.15. The Morgan fingerprint density at radius 1 is 1.00 bits per heavy atom. The van der Waals surface area contributed by atoms with Crippen molar-refractivity contribution in [3.8, 4) is 11.1 Å². The second-order valence-electron chi connectivity index (χ2n) is 6.60. The fourth-order valence-corrected chi connectivity index (χ4v) is 4.12. The lowest BCUT2D eigenvalue weighted by Gasteiger charge is -2.10. The molecular formula is C22H19N5O2S. The lowest BCUT2D eigenvalue weighted by Crippen LogP contribution is -2.28. The number of carbonyl (C=O) groups is 2. The number of nitrogens with two attached hydrogens (primary N) is 2. The Balaban J connectivity index is 1.68. The summed E-state index contributed by atoms with van der Waals surface area (Å²) in [6.07, 6.45) is 0. The van der Waals surface area contributed by atoms with Crippen molar-refractivity contribution in [2.45, 2.75) is 6.54 Å². The maximum Gasteiger partial charge on any atom is 0.320 e. The highest BCUT2D eigenvalue weighted by Crippen LogP contribution is 2.40. The van der Waals surface area contributed by atoms with Crippen LogP contribution in [-0.4, -0.2) is 16.9 Å². The molecule has 0 atom stereocenters. The second-order valence-corrected chi connectivity index (χ2v) is 7.60. The van der Waals surface area contributed by atoms with Gasteiger partial charge in [0.2, 0.25) is 0 Å². The number of rotatable bonds is 5. The van der Waals surface area contributed by atoms with Gasteiger partial charge in [-0.05, 0) is 22.8 Å². The first-order valence-corrected chi connectivity index (χ1v) is 10.0. The molecule has 8 heteroatoms. The van der Waals surface area contributed by atoms with Crippen LogP contribution in [0.3, 0.4) is 0 Å². The number of thiophene rings is 1. The molecule has 0 aliphatic heterocycles. The highest BCUT2D eigenvalue weighted by Gasteiger charge is 2.20. The number of fused-ring (bicyclic) bond motifs is 1. The molecule has 4 rings (SSSR count). The predicted octanol–water partition coefficient (Wildman–Crippen LogP) is 3.97. The SMILES string of the molecule is NC(=O)c1sc2nc(NC(=O)NCc3ccccc3)cc(-c3ccccc3)c2c1N. The average molecular weight is 417 g/mol. The molecule has 0 radical (unpaired) electrons. The third-order valence-electron chi connectivity index (χ3n) is 4.55. The van der Waals surface area contributed by atoms with Crippen molar-refractivity contribution < 1.29 is 9.59 Å². The predicted molar refractivity (Wildman–Crippen MR) is 120 cm³/mol. The molecule has 2 aromatic heterocycles. The van der Waals surface area contributed by atoms with E-state index in [1.54, 1.807) is 6.07 Å². The fraction of sp³-hybridized carbons (Fsp3) is 0.0455. The van der Waals surface area contributed by atoms with Crippen molar-refractivity contribution >= 4 is 45.0 Å². The molecule has 30 heavy (non-hydrogen) atoms. The van der Waals surface area contributed by atoms with Crippen LogP contribution < -0.4 is 22.1 Å². The lowest BCUT2D eigenvalue weighted by atomic mass is 10.0. The summed E-state index contributed by atoms with van der Waals surface area (Å²) in [7, 11) is 0. The molecule has 6 N–H and O–H groups in total. The molecule has 7 nitrogen and oxygen atoms in total. The number of nitrogen functional groups attached to an aromatic ring is 1. The molecule has 0 aliphatic carbocycles. The number of nitrogens with zero attached hydrogens (tertiary/aromatic N) is 1. The molecule has 0 unspecified atom stereocenters. The van der Waals surface area contributed by atoms with E-state index in [0.717, 1.165) is 28.0 Å². The number of urea groups is 1. The topological polar surface area (TPSA) is 123 Å². The minimum atomic E-state index is -0.607. The van der Waals surface area contributed by atoms with Crippen LogP contribution in [0.2, 0.25) is 0 Å². The molecule has 0 saturated heterocycles. The number of aromatic nitrogens is 1. The van der Waals surface area contributed by atoms with E-state index in [9.17, 15) is 9.59 Å². The molecule has 0 aliphatic rings. The summed E-state index contributed by atoms with van der Waals surface area (Å²) < 4.78 is 0. The Morgan fingerprint density at radius 3 is 2.33 bits per heavy atom. The maximum atomic E-state index is 12.4.